The minimum atomic E-state index is -0.522. The molecule has 0 atom stereocenters. The molecule has 2 aromatic rings. The molecule has 5 heteroatoms. The fourth-order valence-electron chi connectivity index (χ4n) is 1.28. The highest BCUT2D eigenvalue weighted by atomic mass is 35.5. The number of hydrogen-bond acceptors (Lipinski definition) is 2. The highest BCUT2D eigenvalue weighted by Gasteiger charge is 2.03. The molecular formula is C10H7ClN2O2. The number of hydrogen-bond donors (Lipinski definition) is 2. The van der Waals surface area contributed by atoms with Crippen LogP contribution in [0.1, 0.15) is 0 Å². The second kappa shape index (κ2) is 3.74. The molecule has 1 heterocycles. The van der Waals surface area contributed by atoms with Crippen molar-refractivity contribution in [3.63, 3.8) is 0 Å². The summed E-state index contributed by atoms with van der Waals surface area (Å²) in [4.78, 5) is 26.8. The van der Waals surface area contributed by atoms with E-state index in [1.54, 1.807) is 24.3 Å². The van der Waals surface area contributed by atoms with Gasteiger partial charge in [-0.05, 0) is 17.7 Å². The van der Waals surface area contributed by atoms with Gasteiger partial charge in [-0.1, -0.05) is 23.7 Å². The molecule has 0 bridgehead atoms. The lowest BCUT2D eigenvalue weighted by Gasteiger charge is -1.99. The molecule has 0 fully saturated rings. The van der Waals surface area contributed by atoms with Crippen LogP contribution in [0.2, 0.25) is 5.02 Å². The van der Waals surface area contributed by atoms with Gasteiger partial charge in [0.1, 0.15) is 0 Å². The molecule has 0 radical (unpaired) electrons. The molecule has 0 amide bonds. The van der Waals surface area contributed by atoms with Gasteiger partial charge in [0.25, 0.3) is 5.56 Å². The first-order valence-electron chi connectivity index (χ1n) is 4.25. The van der Waals surface area contributed by atoms with E-state index in [1.807, 2.05) is 0 Å². The normalized spacial score (nSPS) is 10.2. The number of halogens is 1. The van der Waals surface area contributed by atoms with Crippen LogP contribution in [0.4, 0.5) is 0 Å². The van der Waals surface area contributed by atoms with Gasteiger partial charge in [-0.2, -0.15) is 0 Å². The highest BCUT2D eigenvalue weighted by molar-refractivity contribution is 6.30. The average molecular weight is 223 g/mol. The Kier molecular flexibility index (Phi) is 2.43. The summed E-state index contributed by atoms with van der Waals surface area (Å²) in [6.07, 6.45) is 1.37. The van der Waals surface area contributed by atoms with Crippen molar-refractivity contribution < 1.29 is 0 Å². The van der Waals surface area contributed by atoms with E-state index in [1.165, 1.54) is 6.20 Å². The van der Waals surface area contributed by atoms with Gasteiger partial charge in [0.15, 0.2) is 0 Å². The quantitative estimate of drug-likeness (QED) is 0.766. The molecule has 0 unspecified atom stereocenters. The number of nitrogens with one attached hydrogen (secondary N) is 2. The number of aromatic nitrogens is 2. The zero-order chi connectivity index (χ0) is 10.8. The standard InChI is InChI=1S/C10H7ClN2O2/c11-7-3-1-2-6(4-7)8-5-12-10(15)13-9(8)14/h1-5H,(H2,12,13,14,15). The van der Waals surface area contributed by atoms with E-state index in [4.69, 9.17) is 11.6 Å². The maximum Gasteiger partial charge on any atom is 0.325 e. The van der Waals surface area contributed by atoms with Gasteiger partial charge < -0.3 is 4.98 Å². The number of benzene rings is 1. The van der Waals surface area contributed by atoms with Crippen LogP contribution in [-0.2, 0) is 0 Å². The molecule has 2 rings (SSSR count). The summed E-state index contributed by atoms with van der Waals surface area (Å²) in [7, 11) is 0. The summed E-state index contributed by atoms with van der Waals surface area (Å²) in [5.41, 5.74) is 0.101. The molecule has 1 aromatic heterocycles. The second-order valence-electron chi connectivity index (χ2n) is 3.00. The zero-order valence-corrected chi connectivity index (χ0v) is 8.34. The van der Waals surface area contributed by atoms with Crippen LogP contribution in [0.5, 0.6) is 0 Å². The largest absolute Gasteiger partial charge is 0.325 e. The Labute approximate surface area is 89.6 Å². The van der Waals surface area contributed by atoms with E-state index in [-0.39, 0.29) is 0 Å². The predicted molar refractivity (Wildman–Crippen MR) is 58.1 cm³/mol. The Balaban J connectivity index is 2.64. The van der Waals surface area contributed by atoms with Gasteiger partial charge in [0, 0.05) is 11.2 Å². The maximum atomic E-state index is 11.4. The topological polar surface area (TPSA) is 65.7 Å². The van der Waals surface area contributed by atoms with Crippen molar-refractivity contribution in [2.75, 3.05) is 0 Å². The Morgan fingerprint density at radius 3 is 2.67 bits per heavy atom. The van der Waals surface area contributed by atoms with Gasteiger partial charge in [0.2, 0.25) is 0 Å². The van der Waals surface area contributed by atoms with Crippen LogP contribution in [0.3, 0.4) is 0 Å². The molecule has 0 spiro atoms. The van der Waals surface area contributed by atoms with E-state index in [0.29, 0.717) is 16.1 Å². The fourth-order valence-corrected chi connectivity index (χ4v) is 1.47. The van der Waals surface area contributed by atoms with Crippen LogP contribution in [-0.4, -0.2) is 9.97 Å². The van der Waals surface area contributed by atoms with Crippen LogP contribution < -0.4 is 11.2 Å². The van der Waals surface area contributed by atoms with Crippen LogP contribution in [0, 0.1) is 0 Å². The lowest BCUT2D eigenvalue weighted by Crippen LogP contribution is -2.22. The summed E-state index contributed by atoms with van der Waals surface area (Å²) in [5, 5.41) is 0.540. The monoisotopic (exact) mass is 222 g/mol. The first kappa shape index (κ1) is 9.73. The van der Waals surface area contributed by atoms with Crippen molar-refractivity contribution in [2.45, 2.75) is 0 Å². The van der Waals surface area contributed by atoms with Crippen molar-refractivity contribution in [1.29, 1.82) is 0 Å². The molecule has 0 aliphatic heterocycles. The van der Waals surface area contributed by atoms with Crippen LogP contribution in [0.25, 0.3) is 11.1 Å². The Morgan fingerprint density at radius 2 is 2.00 bits per heavy atom. The number of H-pyrrole nitrogens is 2. The van der Waals surface area contributed by atoms with E-state index < -0.39 is 11.2 Å². The summed E-state index contributed by atoms with van der Waals surface area (Å²) in [6, 6.07) is 6.85. The smallest absolute Gasteiger partial charge is 0.313 e. The SMILES string of the molecule is O=c1[nH]cc(-c2cccc(Cl)c2)c(=O)[nH]1. The highest BCUT2D eigenvalue weighted by Crippen LogP contribution is 2.18. The summed E-state index contributed by atoms with van der Waals surface area (Å²) >= 11 is 5.79. The van der Waals surface area contributed by atoms with Crippen molar-refractivity contribution >= 4 is 11.6 Å². The summed E-state index contributed by atoms with van der Waals surface area (Å²) < 4.78 is 0. The molecule has 0 saturated carbocycles. The van der Waals surface area contributed by atoms with Gasteiger partial charge >= 0.3 is 5.69 Å². The Bertz CT molecular complexity index is 601. The lowest BCUT2D eigenvalue weighted by atomic mass is 10.1. The van der Waals surface area contributed by atoms with Crippen LogP contribution >= 0.6 is 11.6 Å². The van der Waals surface area contributed by atoms with E-state index in [0.717, 1.165) is 0 Å². The van der Waals surface area contributed by atoms with E-state index in [2.05, 4.69) is 9.97 Å². The van der Waals surface area contributed by atoms with Crippen molar-refractivity contribution in [3.8, 4) is 11.1 Å². The first-order chi connectivity index (χ1) is 7.16. The molecule has 2 N–H and O–H groups in total. The molecular weight excluding hydrogens is 216 g/mol. The second-order valence-corrected chi connectivity index (χ2v) is 3.43. The zero-order valence-electron chi connectivity index (χ0n) is 7.58. The molecule has 4 nitrogen and oxygen atoms in total. The molecule has 76 valence electrons. The van der Waals surface area contributed by atoms with Crippen molar-refractivity contribution in [2.24, 2.45) is 0 Å². The molecule has 0 aliphatic carbocycles. The Hall–Kier alpha value is -1.81. The van der Waals surface area contributed by atoms with E-state index >= 15 is 0 Å². The minimum absolute atomic E-state index is 0.386. The Morgan fingerprint density at radius 1 is 1.20 bits per heavy atom. The predicted octanol–water partition coefficient (Wildman–Crippen LogP) is 1.38. The fraction of sp³-hybridized carbons (Fsp3) is 0. The number of rotatable bonds is 1. The number of aromatic amines is 2. The minimum Gasteiger partial charge on any atom is -0.313 e. The summed E-state index contributed by atoms with van der Waals surface area (Å²) in [5.74, 6) is 0. The lowest BCUT2D eigenvalue weighted by molar-refractivity contribution is 1.04. The average Bonchev–Trinajstić information content (AvgIpc) is 2.17. The molecule has 1 aromatic carbocycles. The van der Waals surface area contributed by atoms with Gasteiger partial charge in [-0.15, -0.1) is 0 Å². The van der Waals surface area contributed by atoms with Crippen molar-refractivity contribution in [1.82, 2.24) is 9.97 Å². The third-order valence-corrected chi connectivity index (χ3v) is 2.19. The van der Waals surface area contributed by atoms with Gasteiger partial charge in [-0.3, -0.25) is 9.78 Å². The third kappa shape index (κ3) is 1.99. The molecule has 15 heavy (non-hydrogen) atoms. The summed E-state index contributed by atoms with van der Waals surface area (Å²) in [6.45, 7) is 0. The first-order valence-corrected chi connectivity index (χ1v) is 4.62. The van der Waals surface area contributed by atoms with E-state index in [9.17, 15) is 9.59 Å². The molecule has 0 saturated heterocycles. The van der Waals surface area contributed by atoms with Gasteiger partial charge in [0.05, 0.1) is 5.56 Å². The molecule has 0 aliphatic rings. The van der Waals surface area contributed by atoms with Crippen LogP contribution in [0.15, 0.2) is 40.1 Å². The van der Waals surface area contributed by atoms with Gasteiger partial charge in [-0.25, -0.2) is 4.79 Å². The van der Waals surface area contributed by atoms with Crippen molar-refractivity contribution in [3.05, 3.63) is 56.3 Å². The maximum absolute atomic E-state index is 11.4. The third-order valence-electron chi connectivity index (χ3n) is 1.95.